The van der Waals surface area contributed by atoms with Gasteiger partial charge in [-0.1, -0.05) is 0 Å². The fraction of sp³-hybridized carbons (Fsp3) is 0.667. The zero-order valence-electron chi connectivity index (χ0n) is 6.34. The summed E-state index contributed by atoms with van der Waals surface area (Å²) in [7, 11) is 0. The minimum Gasteiger partial charge on any atom is -0.325 e. The summed E-state index contributed by atoms with van der Waals surface area (Å²) in [6, 6.07) is -0.972. The molecule has 0 aromatic heterocycles. The van der Waals surface area contributed by atoms with Crippen LogP contribution < -0.4 is 10.6 Å². The molecule has 0 aliphatic carbocycles. The van der Waals surface area contributed by atoms with Gasteiger partial charge in [-0.3, -0.25) is 10.1 Å². The van der Waals surface area contributed by atoms with E-state index in [0.29, 0.717) is 0 Å². The van der Waals surface area contributed by atoms with Gasteiger partial charge in [-0.15, -0.1) is 0 Å². The fourth-order valence-electron chi connectivity index (χ4n) is 0.914. The van der Waals surface area contributed by atoms with Gasteiger partial charge in [0, 0.05) is 4.75 Å². The molecule has 0 spiro atoms. The molecular weight excluding hydrogens is 164 g/mol. The topological polar surface area (TPSA) is 58.2 Å². The van der Waals surface area contributed by atoms with Crippen LogP contribution in [-0.4, -0.2) is 22.7 Å². The van der Waals surface area contributed by atoms with Gasteiger partial charge in [-0.2, -0.15) is 12.6 Å². The van der Waals surface area contributed by atoms with Gasteiger partial charge < -0.3 is 5.32 Å². The predicted molar refractivity (Wildman–Crippen MR) is 43.5 cm³/mol. The molecule has 1 aliphatic rings. The van der Waals surface area contributed by atoms with E-state index >= 15 is 0 Å². The Hall–Kier alpha value is -0.710. The molecule has 1 rings (SSSR count). The third-order valence-electron chi connectivity index (χ3n) is 1.48. The number of nitrogens with one attached hydrogen (secondary N) is 2. The van der Waals surface area contributed by atoms with Gasteiger partial charge in [0.25, 0.3) is 5.91 Å². The number of urea groups is 1. The predicted octanol–water partition coefficient (Wildman–Crippen LogP) is -0.0972. The Kier molecular flexibility index (Phi) is 1.83. The second-order valence-corrected chi connectivity index (χ2v) is 4.20. The van der Waals surface area contributed by atoms with Crippen molar-refractivity contribution in [2.75, 3.05) is 0 Å². The van der Waals surface area contributed by atoms with Crippen molar-refractivity contribution in [3.8, 4) is 0 Å². The lowest BCUT2D eigenvalue weighted by atomic mass is 10.0. The number of carbonyl (C=O) groups excluding carboxylic acids is 2. The SMILES string of the molecule is CC(C)(S)C1NC(=O)NC1=O. The van der Waals surface area contributed by atoms with Gasteiger partial charge in [0.15, 0.2) is 0 Å². The Balaban J connectivity index is 2.76. The van der Waals surface area contributed by atoms with E-state index < -0.39 is 16.8 Å². The highest BCUT2D eigenvalue weighted by Gasteiger charge is 2.39. The molecule has 0 bridgehead atoms. The highest BCUT2D eigenvalue weighted by molar-refractivity contribution is 7.81. The van der Waals surface area contributed by atoms with Crippen molar-refractivity contribution in [3.63, 3.8) is 0 Å². The van der Waals surface area contributed by atoms with Crippen molar-refractivity contribution in [2.45, 2.75) is 24.6 Å². The van der Waals surface area contributed by atoms with Crippen molar-refractivity contribution in [3.05, 3.63) is 0 Å². The smallest absolute Gasteiger partial charge is 0.322 e. The Bertz CT molecular complexity index is 209. The fourth-order valence-corrected chi connectivity index (χ4v) is 1.10. The van der Waals surface area contributed by atoms with E-state index in [1.54, 1.807) is 13.8 Å². The Morgan fingerprint density at radius 2 is 2.00 bits per heavy atom. The maximum absolute atomic E-state index is 11.0. The molecule has 1 aliphatic heterocycles. The van der Waals surface area contributed by atoms with Crippen LogP contribution in [0.15, 0.2) is 0 Å². The maximum atomic E-state index is 11.0. The molecule has 11 heavy (non-hydrogen) atoms. The van der Waals surface area contributed by atoms with E-state index in [4.69, 9.17) is 0 Å². The summed E-state index contributed by atoms with van der Waals surface area (Å²) < 4.78 is -0.518. The average Bonchev–Trinajstić information content (AvgIpc) is 2.08. The number of carbonyl (C=O) groups is 2. The summed E-state index contributed by atoms with van der Waals surface area (Å²) in [5.41, 5.74) is 0. The van der Waals surface area contributed by atoms with Gasteiger partial charge in [0.2, 0.25) is 0 Å². The first-order chi connectivity index (χ1) is 4.91. The summed E-state index contributed by atoms with van der Waals surface area (Å²) in [4.78, 5) is 21.6. The van der Waals surface area contributed by atoms with E-state index in [0.717, 1.165) is 0 Å². The molecule has 4 nitrogen and oxygen atoms in total. The summed E-state index contributed by atoms with van der Waals surface area (Å²) in [5, 5.41) is 4.60. The third kappa shape index (κ3) is 1.65. The molecule has 3 amide bonds. The minimum absolute atomic E-state index is 0.310. The van der Waals surface area contributed by atoms with Crippen LogP contribution in [0.25, 0.3) is 0 Å². The largest absolute Gasteiger partial charge is 0.325 e. The van der Waals surface area contributed by atoms with Gasteiger partial charge in [-0.05, 0) is 13.8 Å². The quantitative estimate of drug-likeness (QED) is 0.384. The van der Waals surface area contributed by atoms with Crippen molar-refractivity contribution in [2.24, 2.45) is 0 Å². The van der Waals surface area contributed by atoms with Crippen molar-refractivity contribution in [1.29, 1.82) is 0 Å². The average molecular weight is 174 g/mol. The van der Waals surface area contributed by atoms with Crippen LogP contribution in [0, 0.1) is 0 Å². The summed E-state index contributed by atoms with van der Waals surface area (Å²) in [6.45, 7) is 3.54. The highest BCUT2D eigenvalue weighted by Crippen LogP contribution is 2.19. The standard InChI is InChI=1S/C6H10N2O2S/c1-6(2,11)3-4(9)8-5(10)7-3/h3,11H,1-2H3,(H2,7,8,9,10). The van der Waals surface area contributed by atoms with Crippen LogP contribution >= 0.6 is 12.6 Å². The van der Waals surface area contributed by atoms with Crippen LogP contribution in [0.3, 0.4) is 0 Å². The van der Waals surface area contributed by atoms with E-state index in [1.807, 2.05) is 0 Å². The first kappa shape index (κ1) is 8.39. The van der Waals surface area contributed by atoms with Crippen molar-refractivity contribution >= 4 is 24.6 Å². The van der Waals surface area contributed by atoms with Crippen molar-refractivity contribution < 1.29 is 9.59 Å². The molecule has 0 saturated carbocycles. The lowest BCUT2D eigenvalue weighted by Gasteiger charge is -2.22. The second kappa shape index (κ2) is 2.41. The number of thiol groups is 1. The molecule has 1 unspecified atom stereocenters. The van der Waals surface area contributed by atoms with E-state index in [9.17, 15) is 9.59 Å². The van der Waals surface area contributed by atoms with E-state index in [1.165, 1.54) is 0 Å². The molecular formula is C6H10N2O2S. The van der Waals surface area contributed by atoms with Crippen molar-refractivity contribution in [1.82, 2.24) is 10.6 Å². The second-order valence-electron chi connectivity index (χ2n) is 3.05. The molecule has 1 heterocycles. The number of imide groups is 1. The summed E-state index contributed by atoms with van der Waals surface area (Å²) >= 11 is 4.17. The molecule has 0 radical (unpaired) electrons. The number of rotatable bonds is 1. The number of hydrogen-bond donors (Lipinski definition) is 3. The van der Waals surface area contributed by atoms with Crippen LogP contribution in [0.5, 0.6) is 0 Å². The van der Waals surface area contributed by atoms with Gasteiger partial charge in [0.1, 0.15) is 6.04 Å². The van der Waals surface area contributed by atoms with Crippen LogP contribution in [0.2, 0.25) is 0 Å². The molecule has 5 heteroatoms. The lowest BCUT2D eigenvalue weighted by molar-refractivity contribution is -0.120. The molecule has 0 aromatic carbocycles. The first-order valence-corrected chi connectivity index (χ1v) is 3.70. The van der Waals surface area contributed by atoms with Gasteiger partial charge >= 0.3 is 6.03 Å². The first-order valence-electron chi connectivity index (χ1n) is 3.25. The zero-order chi connectivity index (χ0) is 8.65. The highest BCUT2D eigenvalue weighted by atomic mass is 32.1. The maximum Gasteiger partial charge on any atom is 0.322 e. The Morgan fingerprint density at radius 3 is 2.18 bits per heavy atom. The van der Waals surface area contributed by atoms with Crippen LogP contribution in [0.4, 0.5) is 4.79 Å². The molecule has 62 valence electrons. The monoisotopic (exact) mass is 174 g/mol. The van der Waals surface area contributed by atoms with Gasteiger partial charge in [-0.25, -0.2) is 4.79 Å². The lowest BCUT2D eigenvalue weighted by Crippen LogP contribution is -2.44. The molecule has 1 atom stereocenters. The number of hydrogen-bond acceptors (Lipinski definition) is 3. The zero-order valence-corrected chi connectivity index (χ0v) is 7.24. The van der Waals surface area contributed by atoms with Crippen LogP contribution in [-0.2, 0) is 4.79 Å². The third-order valence-corrected chi connectivity index (χ3v) is 1.74. The van der Waals surface area contributed by atoms with E-state index in [-0.39, 0.29) is 5.91 Å². The summed E-state index contributed by atoms with van der Waals surface area (Å²) in [5.74, 6) is -0.310. The Labute approximate surface area is 70.1 Å². The van der Waals surface area contributed by atoms with E-state index in [2.05, 4.69) is 23.3 Å². The molecule has 0 aromatic rings. The molecule has 1 saturated heterocycles. The van der Waals surface area contributed by atoms with Crippen LogP contribution in [0.1, 0.15) is 13.8 Å². The Morgan fingerprint density at radius 1 is 1.45 bits per heavy atom. The molecule has 2 N–H and O–H groups in total. The number of amides is 3. The minimum atomic E-state index is -0.529. The normalized spacial score (nSPS) is 24.8. The van der Waals surface area contributed by atoms with Gasteiger partial charge in [0.05, 0.1) is 0 Å². The summed E-state index contributed by atoms with van der Waals surface area (Å²) in [6.07, 6.45) is 0. The molecule has 1 fully saturated rings.